The Morgan fingerprint density at radius 3 is 2.75 bits per heavy atom. The molecule has 70 valence electrons. The van der Waals surface area contributed by atoms with Gasteiger partial charge in [-0.05, 0) is 0 Å². The molecular formula is C8H14O4. The molecule has 0 aliphatic carbocycles. The minimum atomic E-state index is -0.699. The van der Waals surface area contributed by atoms with E-state index in [-0.39, 0.29) is 12.4 Å². The van der Waals surface area contributed by atoms with Crippen molar-refractivity contribution < 1.29 is 19.7 Å². The number of aliphatic hydroxyl groups excluding tert-OH is 2. The van der Waals surface area contributed by atoms with Crippen molar-refractivity contribution in [2.75, 3.05) is 6.61 Å². The van der Waals surface area contributed by atoms with Crippen LogP contribution in [0.15, 0.2) is 0 Å². The predicted molar refractivity (Wildman–Crippen MR) is 41.7 cm³/mol. The summed E-state index contributed by atoms with van der Waals surface area (Å²) in [5.74, 6) is -0.00926. The molecule has 1 fully saturated rings. The van der Waals surface area contributed by atoms with Gasteiger partial charge in [0.15, 0.2) is 5.78 Å². The molecule has 2 N–H and O–H groups in total. The summed E-state index contributed by atoms with van der Waals surface area (Å²) in [5.41, 5.74) is 0. The second kappa shape index (κ2) is 3.98. The molecule has 0 aromatic rings. The van der Waals surface area contributed by atoms with Gasteiger partial charge in [-0.25, -0.2) is 0 Å². The Kier molecular flexibility index (Phi) is 3.20. The van der Waals surface area contributed by atoms with Crippen molar-refractivity contribution in [2.45, 2.75) is 38.1 Å². The first kappa shape index (κ1) is 9.64. The highest BCUT2D eigenvalue weighted by Crippen LogP contribution is 2.21. The molecular weight excluding hydrogens is 160 g/mol. The Labute approximate surface area is 71.2 Å². The molecule has 4 heteroatoms. The third-order valence-electron chi connectivity index (χ3n) is 2.11. The lowest BCUT2D eigenvalue weighted by molar-refractivity contribution is -0.130. The summed E-state index contributed by atoms with van der Waals surface area (Å²) in [7, 11) is 0. The van der Waals surface area contributed by atoms with E-state index < -0.39 is 18.3 Å². The smallest absolute Gasteiger partial charge is 0.161 e. The summed E-state index contributed by atoms with van der Waals surface area (Å²) in [5, 5.41) is 18.0. The highest BCUT2D eigenvalue weighted by Gasteiger charge is 2.36. The molecule has 1 saturated heterocycles. The average molecular weight is 174 g/mol. The lowest BCUT2D eigenvalue weighted by Crippen LogP contribution is -2.25. The minimum absolute atomic E-state index is 0.00926. The van der Waals surface area contributed by atoms with E-state index >= 15 is 0 Å². The number of carbonyl (C=O) groups excluding carboxylic acids is 1. The SMILES string of the molecule is CCC(=O)C1CC(O)C(CO)O1. The van der Waals surface area contributed by atoms with Crippen LogP contribution in [-0.2, 0) is 9.53 Å². The zero-order valence-corrected chi connectivity index (χ0v) is 7.06. The van der Waals surface area contributed by atoms with Crippen molar-refractivity contribution in [2.24, 2.45) is 0 Å². The second-order valence-corrected chi connectivity index (χ2v) is 2.97. The zero-order valence-electron chi connectivity index (χ0n) is 7.06. The maximum Gasteiger partial charge on any atom is 0.161 e. The van der Waals surface area contributed by atoms with Crippen LogP contribution in [0.5, 0.6) is 0 Å². The molecule has 12 heavy (non-hydrogen) atoms. The largest absolute Gasteiger partial charge is 0.394 e. The summed E-state index contributed by atoms with van der Waals surface area (Å²) in [6, 6.07) is 0. The van der Waals surface area contributed by atoms with Gasteiger partial charge in [0.25, 0.3) is 0 Å². The number of hydrogen-bond donors (Lipinski definition) is 2. The topological polar surface area (TPSA) is 66.8 Å². The van der Waals surface area contributed by atoms with Crippen molar-refractivity contribution in [1.29, 1.82) is 0 Å². The van der Waals surface area contributed by atoms with E-state index in [2.05, 4.69) is 0 Å². The normalized spacial score (nSPS) is 35.4. The van der Waals surface area contributed by atoms with E-state index in [1.165, 1.54) is 0 Å². The molecule has 0 spiro atoms. The van der Waals surface area contributed by atoms with Gasteiger partial charge in [-0.15, -0.1) is 0 Å². The van der Waals surface area contributed by atoms with Crippen molar-refractivity contribution in [3.63, 3.8) is 0 Å². The summed E-state index contributed by atoms with van der Waals surface area (Å²) in [4.78, 5) is 11.1. The number of ketones is 1. The van der Waals surface area contributed by atoms with Crippen LogP contribution in [0.1, 0.15) is 19.8 Å². The first-order chi connectivity index (χ1) is 5.69. The molecule has 0 aromatic carbocycles. The standard InChI is InChI=1S/C8H14O4/c1-2-5(10)7-3-6(11)8(4-9)12-7/h6-9,11H,2-4H2,1H3. The van der Waals surface area contributed by atoms with Gasteiger partial charge in [0.2, 0.25) is 0 Å². The molecule has 1 heterocycles. The zero-order chi connectivity index (χ0) is 9.14. The molecule has 1 aliphatic heterocycles. The van der Waals surface area contributed by atoms with Crippen molar-refractivity contribution in [3.8, 4) is 0 Å². The summed E-state index contributed by atoms with van der Waals surface area (Å²) < 4.78 is 5.13. The fourth-order valence-corrected chi connectivity index (χ4v) is 1.33. The monoisotopic (exact) mass is 174 g/mol. The predicted octanol–water partition coefficient (Wildman–Crippen LogP) is -0.524. The lowest BCUT2D eigenvalue weighted by Gasteiger charge is -2.10. The molecule has 0 aromatic heterocycles. The van der Waals surface area contributed by atoms with Gasteiger partial charge in [-0.1, -0.05) is 6.92 Å². The van der Waals surface area contributed by atoms with E-state index in [0.717, 1.165) is 0 Å². The van der Waals surface area contributed by atoms with Gasteiger partial charge in [0, 0.05) is 12.8 Å². The van der Waals surface area contributed by atoms with Crippen molar-refractivity contribution >= 4 is 5.78 Å². The van der Waals surface area contributed by atoms with E-state index in [1.54, 1.807) is 6.92 Å². The van der Waals surface area contributed by atoms with Gasteiger partial charge in [0.1, 0.15) is 12.2 Å². The number of hydrogen-bond acceptors (Lipinski definition) is 4. The van der Waals surface area contributed by atoms with Crippen molar-refractivity contribution in [1.82, 2.24) is 0 Å². The molecule has 3 atom stereocenters. The van der Waals surface area contributed by atoms with Crippen LogP contribution in [0.3, 0.4) is 0 Å². The van der Waals surface area contributed by atoms with Crippen LogP contribution in [0, 0.1) is 0 Å². The summed E-state index contributed by atoms with van der Waals surface area (Å²) >= 11 is 0. The van der Waals surface area contributed by atoms with Gasteiger partial charge in [0.05, 0.1) is 12.7 Å². The number of rotatable bonds is 3. The Morgan fingerprint density at radius 2 is 2.33 bits per heavy atom. The van der Waals surface area contributed by atoms with Crippen LogP contribution >= 0.6 is 0 Å². The highest BCUT2D eigenvalue weighted by molar-refractivity contribution is 5.83. The lowest BCUT2D eigenvalue weighted by atomic mass is 10.1. The third-order valence-corrected chi connectivity index (χ3v) is 2.11. The molecule has 1 rings (SSSR count). The van der Waals surface area contributed by atoms with Crippen LogP contribution in [0.25, 0.3) is 0 Å². The fraction of sp³-hybridized carbons (Fsp3) is 0.875. The molecule has 0 bridgehead atoms. The molecule has 3 unspecified atom stereocenters. The molecule has 0 saturated carbocycles. The summed E-state index contributed by atoms with van der Waals surface area (Å²) in [6.07, 6.45) is -1.06. The maximum atomic E-state index is 11.1. The first-order valence-electron chi connectivity index (χ1n) is 4.16. The van der Waals surface area contributed by atoms with E-state index in [4.69, 9.17) is 9.84 Å². The second-order valence-electron chi connectivity index (χ2n) is 2.97. The van der Waals surface area contributed by atoms with Gasteiger partial charge in [-0.2, -0.15) is 0 Å². The molecule has 4 nitrogen and oxygen atoms in total. The minimum Gasteiger partial charge on any atom is -0.394 e. The van der Waals surface area contributed by atoms with Crippen LogP contribution in [0.2, 0.25) is 0 Å². The Balaban J connectivity index is 2.48. The van der Waals surface area contributed by atoms with E-state index in [0.29, 0.717) is 12.8 Å². The number of aliphatic hydroxyl groups is 2. The van der Waals surface area contributed by atoms with Gasteiger partial charge < -0.3 is 14.9 Å². The van der Waals surface area contributed by atoms with Gasteiger partial charge >= 0.3 is 0 Å². The number of ether oxygens (including phenoxy) is 1. The fourth-order valence-electron chi connectivity index (χ4n) is 1.33. The maximum absolute atomic E-state index is 11.1. The third kappa shape index (κ3) is 1.83. The Bertz CT molecular complexity index is 168. The quantitative estimate of drug-likeness (QED) is 0.604. The Morgan fingerprint density at radius 1 is 1.67 bits per heavy atom. The first-order valence-corrected chi connectivity index (χ1v) is 4.16. The van der Waals surface area contributed by atoms with Crippen LogP contribution in [-0.4, -0.2) is 40.9 Å². The molecule has 0 radical (unpaired) electrons. The Hall–Kier alpha value is -0.450. The van der Waals surface area contributed by atoms with E-state index in [9.17, 15) is 9.90 Å². The number of carbonyl (C=O) groups is 1. The average Bonchev–Trinajstić information content (AvgIpc) is 2.45. The van der Waals surface area contributed by atoms with Crippen LogP contribution in [0.4, 0.5) is 0 Å². The van der Waals surface area contributed by atoms with Crippen molar-refractivity contribution in [3.05, 3.63) is 0 Å². The number of Topliss-reactive ketones (excluding diaryl/α,β-unsaturated/α-hetero) is 1. The molecule has 0 amide bonds. The highest BCUT2D eigenvalue weighted by atomic mass is 16.5. The molecule has 1 aliphatic rings. The van der Waals surface area contributed by atoms with Gasteiger partial charge in [-0.3, -0.25) is 4.79 Å². The van der Waals surface area contributed by atoms with E-state index in [1.807, 2.05) is 0 Å². The summed E-state index contributed by atoms with van der Waals surface area (Å²) in [6.45, 7) is 1.53. The van der Waals surface area contributed by atoms with Crippen LogP contribution < -0.4 is 0 Å².